The van der Waals surface area contributed by atoms with Crippen molar-refractivity contribution in [3.63, 3.8) is 0 Å². The lowest BCUT2D eigenvalue weighted by Crippen LogP contribution is -2.10. The molecule has 0 saturated carbocycles. The van der Waals surface area contributed by atoms with E-state index in [-0.39, 0.29) is 11.9 Å². The molecule has 2 N–H and O–H groups in total. The lowest BCUT2D eigenvalue weighted by Gasteiger charge is -2.12. The minimum atomic E-state index is -4.57. The summed E-state index contributed by atoms with van der Waals surface area (Å²) < 4.78 is 38.5. The highest BCUT2D eigenvalue weighted by Gasteiger charge is 2.32. The van der Waals surface area contributed by atoms with Crippen molar-refractivity contribution in [1.29, 1.82) is 0 Å². The summed E-state index contributed by atoms with van der Waals surface area (Å²) in [5.74, 6) is -0.485. The van der Waals surface area contributed by atoms with E-state index in [2.05, 4.69) is 25.6 Å². The number of hydrogen-bond donors (Lipinski definition) is 2. The highest BCUT2D eigenvalue weighted by molar-refractivity contribution is 5.90. The van der Waals surface area contributed by atoms with E-state index in [4.69, 9.17) is 0 Å². The zero-order chi connectivity index (χ0) is 19.4. The third-order valence-electron chi connectivity index (χ3n) is 3.45. The number of alkyl halides is 3. The minimum absolute atomic E-state index is 0.207. The van der Waals surface area contributed by atoms with Gasteiger partial charge in [-0.05, 0) is 35.9 Å². The Morgan fingerprint density at radius 3 is 2.48 bits per heavy atom. The number of halogens is 3. The third-order valence-corrected chi connectivity index (χ3v) is 3.45. The number of aromatic nitrogens is 3. The summed E-state index contributed by atoms with van der Waals surface area (Å²) in [5.41, 5.74) is 1.32. The van der Waals surface area contributed by atoms with Crippen LogP contribution in [0.4, 0.5) is 30.5 Å². The van der Waals surface area contributed by atoms with Crippen LogP contribution in [0.2, 0.25) is 0 Å². The van der Waals surface area contributed by atoms with Gasteiger partial charge in [0.05, 0.1) is 0 Å². The first-order valence-electron chi connectivity index (χ1n) is 7.81. The Hall–Kier alpha value is -3.49. The first kappa shape index (κ1) is 18.3. The van der Waals surface area contributed by atoms with E-state index in [0.717, 1.165) is 17.8 Å². The molecule has 0 saturated heterocycles. The van der Waals surface area contributed by atoms with Gasteiger partial charge in [-0.2, -0.15) is 13.2 Å². The second-order valence-corrected chi connectivity index (χ2v) is 5.61. The molecule has 0 radical (unpaired) electrons. The lowest BCUT2D eigenvalue weighted by molar-refractivity contribution is -0.141. The second kappa shape index (κ2) is 7.40. The number of carbonyl (C=O) groups excluding carboxylic acids is 1. The van der Waals surface area contributed by atoms with Crippen molar-refractivity contribution in [2.24, 2.45) is 0 Å². The maximum Gasteiger partial charge on any atom is 0.433 e. The Kier molecular flexibility index (Phi) is 5.02. The number of hydrogen-bond acceptors (Lipinski definition) is 5. The van der Waals surface area contributed by atoms with Gasteiger partial charge in [-0.3, -0.25) is 9.78 Å². The van der Waals surface area contributed by atoms with Gasteiger partial charge >= 0.3 is 6.18 Å². The topological polar surface area (TPSA) is 79.8 Å². The minimum Gasteiger partial charge on any atom is -0.326 e. The van der Waals surface area contributed by atoms with Crippen molar-refractivity contribution in [3.05, 3.63) is 60.7 Å². The monoisotopic (exact) mass is 373 g/mol. The van der Waals surface area contributed by atoms with Crippen molar-refractivity contribution in [1.82, 2.24) is 15.0 Å². The van der Waals surface area contributed by atoms with Crippen LogP contribution in [-0.2, 0) is 11.0 Å². The van der Waals surface area contributed by atoms with Crippen molar-refractivity contribution in [2.75, 3.05) is 10.6 Å². The molecule has 0 bridgehead atoms. The van der Waals surface area contributed by atoms with Gasteiger partial charge in [0, 0.05) is 42.5 Å². The average Bonchev–Trinajstić information content (AvgIpc) is 2.61. The van der Waals surface area contributed by atoms with Crippen LogP contribution in [-0.4, -0.2) is 20.9 Å². The van der Waals surface area contributed by atoms with Gasteiger partial charge in [0.1, 0.15) is 5.69 Å². The van der Waals surface area contributed by atoms with Crippen LogP contribution in [0.3, 0.4) is 0 Å². The first-order chi connectivity index (χ1) is 12.8. The lowest BCUT2D eigenvalue weighted by atomic mass is 10.1. The Bertz CT molecular complexity index is 961. The number of rotatable bonds is 4. The van der Waals surface area contributed by atoms with Crippen LogP contribution in [0.1, 0.15) is 12.6 Å². The molecule has 0 aliphatic rings. The second-order valence-electron chi connectivity index (χ2n) is 5.61. The van der Waals surface area contributed by atoms with Gasteiger partial charge in [0.15, 0.2) is 0 Å². The first-order valence-corrected chi connectivity index (χ1v) is 7.81. The van der Waals surface area contributed by atoms with E-state index in [1.165, 1.54) is 6.92 Å². The van der Waals surface area contributed by atoms with Gasteiger partial charge in [-0.1, -0.05) is 6.07 Å². The number of benzene rings is 1. The molecule has 3 rings (SSSR count). The van der Waals surface area contributed by atoms with Gasteiger partial charge < -0.3 is 10.6 Å². The Labute approximate surface area is 152 Å². The summed E-state index contributed by atoms with van der Waals surface area (Å²) in [6.07, 6.45) is -0.287. The largest absolute Gasteiger partial charge is 0.433 e. The number of amides is 1. The van der Waals surface area contributed by atoms with Gasteiger partial charge in [0.25, 0.3) is 0 Å². The van der Waals surface area contributed by atoms with Crippen molar-refractivity contribution in [2.45, 2.75) is 13.1 Å². The summed E-state index contributed by atoms with van der Waals surface area (Å²) in [4.78, 5) is 22.7. The smallest absolute Gasteiger partial charge is 0.326 e. The highest BCUT2D eigenvalue weighted by Crippen LogP contribution is 2.30. The molecule has 138 valence electrons. The molecule has 9 heteroatoms. The van der Waals surface area contributed by atoms with Crippen molar-refractivity contribution >= 4 is 23.2 Å². The van der Waals surface area contributed by atoms with Crippen LogP contribution >= 0.6 is 0 Å². The fourth-order valence-electron chi connectivity index (χ4n) is 2.38. The van der Waals surface area contributed by atoms with Crippen LogP contribution < -0.4 is 10.6 Å². The molecular formula is C18H14F3N5O. The Morgan fingerprint density at radius 2 is 1.81 bits per heavy atom. The Balaban J connectivity index is 1.98. The van der Waals surface area contributed by atoms with Crippen molar-refractivity contribution < 1.29 is 18.0 Å². The summed E-state index contributed by atoms with van der Waals surface area (Å²) in [5, 5.41) is 5.40. The molecule has 3 aromatic rings. The molecule has 0 fully saturated rings. The average molecular weight is 373 g/mol. The number of anilines is 3. The van der Waals surface area contributed by atoms with Gasteiger partial charge in [-0.25, -0.2) is 9.97 Å². The number of pyridine rings is 1. The molecule has 1 aromatic carbocycles. The van der Waals surface area contributed by atoms with E-state index in [1.807, 2.05) is 6.07 Å². The standard InChI is InChI=1S/C18H14F3N5O/c1-11(27)24-14-7-13(12-3-2-5-22-10-12)8-15(9-14)25-17-23-6-4-16(26-17)18(19,20)21/h2-10H,1H3,(H,24,27)(H,23,25,26). The molecule has 0 spiro atoms. The fraction of sp³-hybridized carbons (Fsp3) is 0.111. The zero-order valence-corrected chi connectivity index (χ0v) is 14.1. The zero-order valence-electron chi connectivity index (χ0n) is 14.1. The normalized spacial score (nSPS) is 11.1. The summed E-state index contributed by atoms with van der Waals surface area (Å²) in [7, 11) is 0. The van der Waals surface area contributed by atoms with Gasteiger partial charge in [0.2, 0.25) is 11.9 Å². The Morgan fingerprint density at radius 1 is 1.04 bits per heavy atom. The van der Waals surface area contributed by atoms with Crippen LogP contribution in [0.5, 0.6) is 0 Å². The van der Waals surface area contributed by atoms with E-state index in [1.54, 1.807) is 36.7 Å². The van der Waals surface area contributed by atoms with Crippen molar-refractivity contribution in [3.8, 4) is 11.1 Å². The molecule has 0 unspecified atom stereocenters. The van der Waals surface area contributed by atoms with E-state index >= 15 is 0 Å². The molecule has 2 aromatic heterocycles. The summed E-state index contributed by atoms with van der Waals surface area (Å²) >= 11 is 0. The number of nitrogens with zero attached hydrogens (tertiary/aromatic N) is 3. The van der Waals surface area contributed by atoms with Crippen LogP contribution in [0.25, 0.3) is 11.1 Å². The SMILES string of the molecule is CC(=O)Nc1cc(Nc2nccc(C(F)(F)F)n2)cc(-c2cccnc2)c1. The van der Waals surface area contributed by atoms with Crippen LogP contribution in [0, 0.1) is 0 Å². The number of carbonyl (C=O) groups is 1. The maximum absolute atomic E-state index is 12.8. The number of nitrogens with one attached hydrogen (secondary N) is 2. The molecule has 6 nitrogen and oxygen atoms in total. The molecule has 27 heavy (non-hydrogen) atoms. The molecule has 0 aliphatic carbocycles. The molecule has 1 amide bonds. The quantitative estimate of drug-likeness (QED) is 0.714. The summed E-state index contributed by atoms with van der Waals surface area (Å²) in [6, 6.07) is 9.38. The van der Waals surface area contributed by atoms with E-state index in [9.17, 15) is 18.0 Å². The predicted octanol–water partition coefficient (Wildman–Crippen LogP) is 4.26. The molecular weight excluding hydrogens is 359 g/mol. The maximum atomic E-state index is 12.8. The fourth-order valence-corrected chi connectivity index (χ4v) is 2.38. The molecule has 2 heterocycles. The predicted molar refractivity (Wildman–Crippen MR) is 94.3 cm³/mol. The third kappa shape index (κ3) is 4.78. The van der Waals surface area contributed by atoms with Gasteiger partial charge in [-0.15, -0.1) is 0 Å². The molecule has 0 atom stereocenters. The molecule has 0 aliphatic heterocycles. The van der Waals surface area contributed by atoms with Crippen LogP contribution in [0.15, 0.2) is 55.0 Å². The van der Waals surface area contributed by atoms with E-state index < -0.39 is 11.9 Å². The van der Waals surface area contributed by atoms with E-state index in [0.29, 0.717) is 16.9 Å². The summed E-state index contributed by atoms with van der Waals surface area (Å²) in [6.45, 7) is 1.36. The highest BCUT2D eigenvalue weighted by atomic mass is 19.4.